The third-order valence-corrected chi connectivity index (χ3v) is 0.968. The highest BCUT2D eigenvalue weighted by molar-refractivity contribution is 5.70. The van der Waals surface area contributed by atoms with Gasteiger partial charge in [-0.2, -0.15) is 5.01 Å². The summed E-state index contributed by atoms with van der Waals surface area (Å²) in [4.78, 5) is 10.9. The first-order valence-corrected chi connectivity index (χ1v) is 3.15. The SMILES string of the molecule is CCOC(=O)N1C=COC=N1. The van der Waals surface area contributed by atoms with Crippen molar-refractivity contribution in [2.45, 2.75) is 6.92 Å². The molecule has 0 aliphatic carbocycles. The number of rotatable bonds is 1. The zero-order valence-electron chi connectivity index (χ0n) is 6.06. The van der Waals surface area contributed by atoms with Gasteiger partial charge in [-0.05, 0) is 6.92 Å². The molecule has 0 fully saturated rings. The molecule has 0 aromatic heterocycles. The summed E-state index contributed by atoms with van der Waals surface area (Å²) in [6, 6.07) is 0. The molecule has 0 atom stereocenters. The largest absolute Gasteiger partial charge is 0.450 e. The lowest BCUT2D eigenvalue weighted by Gasteiger charge is -2.12. The number of amides is 1. The van der Waals surface area contributed by atoms with Gasteiger partial charge in [0.2, 0.25) is 0 Å². The maximum Gasteiger partial charge on any atom is 0.434 e. The van der Waals surface area contributed by atoms with Gasteiger partial charge < -0.3 is 9.47 Å². The standard InChI is InChI=1S/C6H8N2O3/c1-2-11-6(9)8-3-4-10-5-7-8/h3-5H,2H2,1H3. The molecule has 1 aliphatic rings. The molecule has 11 heavy (non-hydrogen) atoms. The van der Waals surface area contributed by atoms with Crippen LogP contribution in [0, 0.1) is 0 Å². The first-order valence-electron chi connectivity index (χ1n) is 3.15. The maximum atomic E-state index is 10.9. The van der Waals surface area contributed by atoms with Crippen LogP contribution >= 0.6 is 0 Å². The number of nitrogens with zero attached hydrogens (tertiary/aromatic N) is 2. The maximum absolute atomic E-state index is 10.9. The van der Waals surface area contributed by atoms with Crippen molar-refractivity contribution in [3.63, 3.8) is 0 Å². The number of carbonyl (C=O) groups is 1. The Bertz CT molecular complexity index is 188. The highest BCUT2D eigenvalue weighted by Crippen LogP contribution is 1.99. The molecular formula is C6H8N2O3. The van der Waals surface area contributed by atoms with Crippen LogP contribution in [0.4, 0.5) is 4.79 Å². The predicted molar refractivity (Wildman–Crippen MR) is 37.6 cm³/mol. The van der Waals surface area contributed by atoms with Gasteiger partial charge in [0.1, 0.15) is 6.26 Å². The molecule has 0 bridgehead atoms. The Morgan fingerprint density at radius 2 is 2.64 bits per heavy atom. The molecule has 0 radical (unpaired) electrons. The summed E-state index contributed by atoms with van der Waals surface area (Å²) in [6.07, 6.45) is 3.35. The van der Waals surface area contributed by atoms with E-state index in [9.17, 15) is 4.79 Å². The number of hydrogen-bond acceptors (Lipinski definition) is 4. The van der Waals surface area contributed by atoms with Gasteiger partial charge in [-0.25, -0.2) is 4.79 Å². The molecule has 0 unspecified atom stereocenters. The van der Waals surface area contributed by atoms with E-state index in [0.29, 0.717) is 6.61 Å². The molecule has 1 aliphatic heterocycles. The molecule has 0 aromatic carbocycles. The van der Waals surface area contributed by atoms with E-state index >= 15 is 0 Å². The Balaban J connectivity index is 2.45. The topological polar surface area (TPSA) is 51.1 Å². The van der Waals surface area contributed by atoms with Crippen molar-refractivity contribution < 1.29 is 14.3 Å². The van der Waals surface area contributed by atoms with E-state index in [4.69, 9.17) is 0 Å². The molecular weight excluding hydrogens is 148 g/mol. The summed E-state index contributed by atoms with van der Waals surface area (Å²) in [5, 5.41) is 4.62. The van der Waals surface area contributed by atoms with Gasteiger partial charge in [0, 0.05) is 0 Å². The average molecular weight is 156 g/mol. The third-order valence-electron chi connectivity index (χ3n) is 0.968. The van der Waals surface area contributed by atoms with Gasteiger partial charge in [-0.3, -0.25) is 0 Å². The van der Waals surface area contributed by atoms with Crippen LogP contribution < -0.4 is 0 Å². The van der Waals surface area contributed by atoms with E-state index in [1.807, 2.05) is 0 Å². The molecule has 5 heteroatoms. The molecule has 1 heterocycles. The van der Waals surface area contributed by atoms with Gasteiger partial charge in [-0.1, -0.05) is 0 Å². The average Bonchev–Trinajstić information content (AvgIpc) is 2.07. The number of ether oxygens (including phenoxy) is 2. The van der Waals surface area contributed by atoms with E-state index in [1.165, 1.54) is 12.5 Å². The highest BCUT2D eigenvalue weighted by Gasteiger charge is 2.10. The van der Waals surface area contributed by atoms with Gasteiger partial charge in [-0.15, -0.1) is 5.10 Å². The Kier molecular flexibility index (Phi) is 2.48. The van der Waals surface area contributed by atoms with E-state index < -0.39 is 6.09 Å². The van der Waals surface area contributed by atoms with Gasteiger partial charge in [0.05, 0.1) is 12.8 Å². The van der Waals surface area contributed by atoms with Crippen LogP contribution in [-0.4, -0.2) is 24.1 Å². The lowest BCUT2D eigenvalue weighted by atomic mass is 10.8. The lowest BCUT2D eigenvalue weighted by Crippen LogP contribution is -2.23. The summed E-state index contributed by atoms with van der Waals surface area (Å²) >= 11 is 0. The molecule has 0 saturated carbocycles. The van der Waals surface area contributed by atoms with E-state index in [2.05, 4.69) is 14.6 Å². The number of hydrogen-bond donors (Lipinski definition) is 0. The van der Waals surface area contributed by atoms with Crippen LogP contribution in [0.25, 0.3) is 0 Å². The fourth-order valence-electron chi connectivity index (χ4n) is 0.542. The van der Waals surface area contributed by atoms with E-state index in [0.717, 1.165) is 11.4 Å². The molecule has 5 nitrogen and oxygen atoms in total. The van der Waals surface area contributed by atoms with Gasteiger partial charge >= 0.3 is 6.09 Å². The van der Waals surface area contributed by atoms with Gasteiger partial charge in [0.15, 0.2) is 6.40 Å². The summed E-state index contributed by atoms with van der Waals surface area (Å²) < 4.78 is 9.25. The molecule has 1 amide bonds. The molecule has 0 spiro atoms. The van der Waals surface area contributed by atoms with Crippen molar-refractivity contribution in [3.8, 4) is 0 Å². The van der Waals surface area contributed by atoms with Crippen LogP contribution in [0.15, 0.2) is 17.6 Å². The van der Waals surface area contributed by atoms with Crippen LogP contribution in [0.3, 0.4) is 0 Å². The second-order valence-electron chi connectivity index (χ2n) is 1.69. The highest BCUT2D eigenvalue weighted by atomic mass is 16.6. The Hall–Kier alpha value is -1.52. The Morgan fingerprint density at radius 1 is 1.82 bits per heavy atom. The molecule has 1 rings (SSSR count). The first kappa shape index (κ1) is 7.59. The quantitative estimate of drug-likeness (QED) is 0.566. The van der Waals surface area contributed by atoms with E-state index in [-0.39, 0.29) is 0 Å². The van der Waals surface area contributed by atoms with Crippen LogP contribution in [0.2, 0.25) is 0 Å². The fraction of sp³-hybridized carbons (Fsp3) is 0.333. The van der Waals surface area contributed by atoms with Crippen LogP contribution in [-0.2, 0) is 9.47 Å². The second-order valence-corrected chi connectivity index (χ2v) is 1.69. The molecule has 60 valence electrons. The summed E-state index contributed by atoms with van der Waals surface area (Å²) in [5.41, 5.74) is 0. The van der Waals surface area contributed by atoms with Crippen LogP contribution in [0.1, 0.15) is 6.92 Å². The predicted octanol–water partition coefficient (Wildman–Crippen LogP) is 0.890. The normalized spacial score (nSPS) is 14.5. The summed E-state index contributed by atoms with van der Waals surface area (Å²) in [5.74, 6) is 0. The zero-order valence-corrected chi connectivity index (χ0v) is 6.06. The number of carbonyl (C=O) groups excluding carboxylic acids is 1. The molecule has 0 N–H and O–H groups in total. The molecule has 0 saturated heterocycles. The smallest absolute Gasteiger partial charge is 0.434 e. The third kappa shape index (κ3) is 1.96. The Labute approximate surface area is 63.9 Å². The minimum Gasteiger partial charge on any atom is -0.450 e. The molecule has 0 aromatic rings. The first-order chi connectivity index (χ1) is 5.34. The van der Waals surface area contributed by atoms with Crippen molar-refractivity contribution in [2.75, 3.05) is 6.61 Å². The van der Waals surface area contributed by atoms with Crippen molar-refractivity contribution in [3.05, 3.63) is 12.5 Å². The summed E-state index contributed by atoms with van der Waals surface area (Å²) in [6.45, 7) is 2.06. The van der Waals surface area contributed by atoms with Crippen molar-refractivity contribution in [1.29, 1.82) is 0 Å². The minimum absolute atomic E-state index is 0.333. The number of hydrazone groups is 1. The minimum atomic E-state index is -0.511. The van der Waals surface area contributed by atoms with E-state index in [1.54, 1.807) is 6.92 Å². The van der Waals surface area contributed by atoms with Crippen molar-refractivity contribution in [1.82, 2.24) is 5.01 Å². The van der Waals surface area contributed by atoms with Crippen LogP contribution in [0.5, 0.6) is 0 Å². The zero-order chi connectivity index (χ0) is 8.10. The van der Waals surface area contributed by atoms with Crippen molar-refractivity contribution >= 4 is 12.5 Å². The Morgan fingerprint density at radius 3 is 3.18 bits per heavy atom. The van der Waals surface area contributed by atoms with Crippen molar-refractivity contribution in [2.24, 2.45) is 5.10 Å². The fourth-order valence-corrected chi connectivity index (χ4v) is 0.542. The van der Waals surface area contributed by atoms with Gasteiger partial charge in [0.25, 0.3) is 0 Å². The monoisotopic (exact) mass is 156 g/mol. The lowest BCUT2D eigenvalue weighted by molar-refractivity contribution is 0.120. The second kappa shape index (κ2) is 3.60. The summed E-state index contributed by atoms with van der Waals surface area (Å²) in [7, 11) is 0.